The van der Waals surface area contributed by atoms with Crippen LogP contribution < -0.4 is 5.32 Å². The highest BCUT2D eigenvalue weighted by Gasteiger charge is 2.28. The lowest BCUT2D eigenvalue weighted by Crippen LogP contribution is -2.31. The van der Waals surface area contributed by atoms with Crippen molar-refractivity contribution in [3.05, 3.63) is 33.3 Å². The molecule has 1 nitrogen and oxygen atoms in total. The molecule has 1 aliphatic rings. The average molecular weight is 373 g/mol. The maximum Gasteiger partial charge on any atom is 0.0420 e. The first-order valence-corrected chi connectivity index (χ1v) is 9.50. The Morgan fingerprint density at radius 1 is 1.19 bits per heavy atom. The van der Waals surface area contributed by atoms with E-state index in [4.69, 9.17) is 11.6 Å². The van der Waals surface area contributed by atoms with Crippen LogP contribution in [0.4, 0.5) is 0 Å². The second kappa shape index (κ2) is 8.55. The van der Waals surface area contributed by atoms with Crippen LogP contribution in [-0.2, 0) is 0 Å². The van der Waals surface area contributed by atoms with E-state index in [2.05, 4.69) is 47.2 Å². The van der Waals surface area contributed by atoms with E-state index in [0.717, 1.165) is 27.9 Å². The fourth-order valence-corrected chi connectivity index (χ4v) is 4.43. The van der Waals surface area contributed by atoms with E-state index in [0.29, 0.717) is 6.04 Å². The van der Waals surface area contributed by atoms with Crippen LogP contribution in [0, 0.1) is 11.8 Å². The van der Waals surface area contributed by atoms with Crippen LogP contribution in [0.25, 0.3) is 0 Å². The largest absolute Gasteiger partial charge is 0.310 e. The van der Waals surface area contributed by atoms with Crippen molar-refractivity contribution in [2.75, 3.05) is 6.54 Å². The standard InChI is InChI=1S/C18H27BrClN/c1-3-9-21-18(14-7-5-13(4-2)6-8-14)15-10-16(19)12-17(20)11-15/h10-14,18,21H,3-9H2,1-2H3. The molecule has 21 heavy (non-hydrogen) atoms. The zero-order valence-electron chi connectivity index (χ0n) is 13.2. The van der Waals surface area contributed by atoms with Crippen molar-refractivity contribution in [2.24, 2.45) is 11.8 Å². The SMILES string of the molecule is CCCNC(c1cc(Cl)cc(Br)c1)C1CCC(CC)CC1. The van der Waals surface area contributed by atoms with E-state index in [-0.39, 0.29) is 0 Å². The first-order chi connectivity index (χ1) is 10.1. The lowest BCUT2D eigenvalue weighted by atomic mass is 9.76. The topological polar surface area (TPSA) is 12.0 Å². The number of nitrogens with one attached hydrogen (secondary N) is 1. The molecule has 1 aromatic carbocycles. The molecule has 1 N–H and O–H groups in total. The Bertz CT molecular complexity index is 421. The van der Waals surface area contributed by atoms with Gasteiger partial charge < -0.3 is 5.32 Å². The van der Waals surface area contributed by atoms with Crippen LogP contribution in [0.5, 0.6) is 0 Å². The predicted octanol–water partition coefficient (Wildman–Crippen LogP) is 6.36. The Morgan fingerprint density at radius 3 is 2.48 bits per heavy atom. The number of benzene rings is 1. The van der Waals surface area contributed by atoms with Crippen molar-refractivity contribution in [1.82, 2.24) is 5.32 Å². The van der Waals surface area contributed by atoms with Crippen molar-refractivity contribution < 1.29 is 0 Å². The molecular formula is C18H27BrClN. The summed E-state index contributed by atoms with van der Waals surface area (Å²) in [4.78, 5) is 0. The summed E-state index contributed by atoms with van der Waals surface area (Å²) in [6.07, 6.45) is 7.94. The summed E-state index contributed by atoms with van der Waals surface area (Å²) in [6, 6.07) is 6.77. The molecule has 0 aliphatic heterocycles. The minimum Gasteiger partial charge on any atom is -0.310 e. The summed E-state index contributed by atoms with van der Waals surface area (Å²) in [5.41, 5.74) is 1.34. The minimum absolute atomic E-state index is 0.442. The van der Waals surface area contributed by atoms with Crippen LogP contribution in [0.2, 0.25) is 5.02 Å². The van der Waals surface area contributed by atoms with Gasteiger partial charge in [0.2, 0.25) is 0 Å². The fourth-order valence-electron chi connectivity index (χ4n) is 3.54. The van der Waals surface area contributed by atoms with Gasteiger partial charge in [0.1, 0.15) is 0 Å². The van der Waals surface area contributed by atoms with E-state index in [1.807, 2.05) is 6.07 Å². The fraction of sp³-hybridized carbons (Fsp3) is 0.667. The van der Waals surface area contributed by atoms with Gasteiger partial charge in [-0.25, -0.2) is 0 Å². The molecule has 0 bridgehead atoms. The van der Waals surface area contributed by atoms with Crippen LogP contribution in [0.1, 0.15) is 64.0 Å². The van der Waals surface area contributed by atoms with Gasteiger partial charge in [0.05, 0.1) is 0 Å². The van der Waals surface area contributed by atoms with Gasteiger partial charge in [0.15, 0.2) is 0 Å². The van der Waals surface area contributed by atoms with Crippen LogP contribution in [-0.4, -0.2) is 6.54 Å². The zero-order valence-corrected chi connectivity index (χ0v) is 15.5. The molecular weight excluding hydrogens is 346 g/mol. The second-order valence-corrected chi connectivity index (χ2v) is 7.68. The maximum absolute atomic E-state index is 6.26. The number of rotatable bonds is 6. The van der Waals surface area contributed by atoms with Crippen molar-refractivity contribution in [1.29, 1.82) is 0 Å². The van der Waals surface area contributed by atoms with Gasteiger partial charge in [0, 0.05) is 15.5 Å². The quantitative estimate of drug-likeness (QED) is 0.612. The van der Waals surface area contributed by atoms with Crippen molar-refractivity contribution in [3.63, 3.8) is 0 Å². The highest BCUT2D eigenvalue weighted by Crippen LogP contribution is 2.39. The molecule has 2 rings (SSSR count). The molecule has 1 unspecified atom stereocenters. The van der Waals surface area contributed by atoms with Gasteiger partial charge in [0.25, 0.3) is 0 Å². The van der Waals surface area contributed by atoms with E-state index in [1.165, 1.54) is 44.1 Å². The summed E-state index contributed by atoms with van der Waals surface area (Å²) in [7, 11) is 0. The maximum atomic E-state index is 6.26. The first kappa shape index (κ1) is 17.3. The molecule has 1 aromatic rings. The van der Waals surface area contributed by atoms with Gasteiger partial charge in [-0.2, -0.15) is 0 Å². The van der Waals surface area contributed by atoms with Gasteiger partial charge in [-0.1, -0.05) is 60.6 Å². The molecule has 0 spiro atoms. The van der Waals surface area contributed by atoms with Crippen LogP contribution in [0.15, 0.2) is 22.7 Å². The van der Waals surface area contributed by atoms with Gasteiger partial charge in [-0.3, -0.25) is 0 Å². The second-order valence-electron chi connectivity index (χ2n) is 6.32. The van der Waals surface area contributed by atoms with Gasteiger partial charge >= 0.3 is 0 Å². The molecule has 0 aromatic heterocycles. The monoisotopic (exact) mass is 371 g/mol. The van der Waals surface area contributed by atoms with Crippen molar-refractivity contribution in [3.8, 4) is 0 Å². The molecule has 0 radical (unpaired) electrons. The molecule has 1 atom stereocenters. The smallest absolute Gasteiger partial charge is 0.0420 e. The molecule has 0 saturated heterocycles. The minimum atomic E-state index is 0.442. The molecule has 118 valence electrons. The first-order valence-electron chi connectivity index (χ1n) is 8.33. The summed E-state index contributed by atoms with van der Waals surface area (Å²) < 4.78 is 1.08. The highest BCUT2D eigenvalue weighted by molar-refractivity contribution is 9.10. The molecule has 1 fully saturated rings. The number of halogens is 2. The van der Waals surface area contributed by atoms with E-state index in [1.54, 1.807) is 0 Å². The number of hydrogen-bond acceptors (Lipinski definition) is 1. The van der Waals surface area contributed by atoms with E-state index in [9.17, 15) is 0 Å². The summed E-state index contributed by atoms with van der Waals surface area (Å²) in [5, 5.41) is 4.59. The number of hydrogen-bond donors (Lipinski definition) is 1. The Kier molecular flexibility index (Phi) is 7.04. The van der Waals surface area contributed by atoms with Gasteiger partial charge in [-0.15, -0.1) is 0 Å². The normalized spacial score (nSPS) is 24.0. The average Bonchev–Trinajstić information content (AvgIpc) is 2.47. The van der Waals surface area contributed by atoms with Crippen LogP contribution >= 0.6 is 27.5 Å². The Hall–Kier alpha value is -0.0500. The third kappa shape index (κ3) is 4.97. The van der Waals surface area contributed by atoms with E-state index < -0.39 is 0 Å². The lowest BCUT2D eigenvalue weighted by molar-refractivity contribution is 0.219. The molecule has 0 amide bonds. The van der Waals surface area contributed by atoms with Gasteiger partial charge in [-0.05, 0) is 61.4 Å². The Labute approximate surface area is 143 Å². The summed E-state index contributed by atoms with van der Waals surface area (Å²) in [6.45, 7) is 5.63. The predicted molar refractivity (Wildman–Crippen MR) is 95.9 cm³/mol. The summed E-state index contributed by atoms with van der Waals surface area (Å²) >= 11 is 9.84. The van der Waals surface area contributed by atoms with Crippen molar-refractivity contribution in [2.45, 2.75) is 58.4 Å². The Balaban J connectivity index is 2.14. The van der Waals surface area contributed by atoms with Crippen LogP contribution in [0.3, 0.4) is 0 Å². The molecule has 1 saturated carbocycles. The Morgan fingerprint density at radius 2 is 1.90 bits per heavy atom. The lowest BCUT2D eigenvalue weighted by Gasteiger charge is -2.34. The molecule has 1 aliphatic carbocycles. The highest BCUT2D eigenvalue weighted by atomic mass is 79.9. The van der Waals surface area contributed by atoms with E-state index >= 15 is 0 Å². The molecule has 3 heteroatoms. The van der Waals surface area contributed by atoms with Crippen molar-refractivity contribution >= 4 is 27.5 Å². The zero-order chi connectivity index (χ0) is 15.2. The third-order valence-corrected chi connectivity index (χ3v) is 5.47. The summed E-state index contributed by atoms with van der Waals surface area (Å²) in [5.74, 6) is 1.68. The third-order valence-electron chi connectivity index (χ3n) is 4.80. The molecule has 0 heterocycles.